The van der Waals surface area contributed by atoms with E-state index in [9.17, 15) is 16.8 Å². The van der Waals surface area contributed by atoms with Crippen LogP contribution in [-0.2, 0) is 23.9 Å². The molecular formula is C20H30O5S2. The molecule has 0 amide bonds. The molecule has 8 rings (SSSR count). The summed E-state index contributed by atoms with van der Waals surface area (Å²) in [6.45, 7) is 0. The Kier molecular flexibility index (Phi) is 3.48. The highest BCUT2D eigenvalue weighted by atomic mass is 32.3. The smallest absolute Gasteiger partial charge is 0.198 e. The Labute approximate surface area is 162 Å². The molecule has 8 aliphatic rings. The maximum Gasteiger partial charge on any atom is 0.287 e. The van der Waals surface area contributed by atoms with Gasteiger partial charge in [0.05, 0.1) is 9.49 Å². The number of rotatable bonds is 4. The second kappa shape index (κ2) is 5.31. The Bertz CT molecular complexity index is 729. The van der Waals surface area contributed by atoms with Crippen LogP contribution in [0.4, 0.5) is 0 Å². The van der Waals surface area contributed by atoms with Gasteiger partial charge in [0.15, 0.2) is 0 Å². The van der Waals surface area contributed by atoms with Crippen molar-refractivity contribution in [3.8, 4) is 0 Å². The van der Waals surface area contributed by atoms with Gasteiger partial charge in [0.25, 0.3) is 20.2 Å². The summed E-state index contributed by atoms with van der Waals surface area (Å²) in [4.78, 5) is 0. The van der Waals surface area contributed by atoms with Gasteiger partial charge in [-0.1, -0.05) is 0 Å². The number of hydrogen-bond donors (Lipinski definition) is 0. The van der Waals surface area contributed by atoms with E-state index in [2.05, 4.69) is 0 Å². The van der Waals surface area contributed by atoms with Crippen molar-refractivity contribution in [3.63, 3.8) is 0 Å². The Balaban J connectivity index is 1.32. The molecular weight excluding hydrogens is 384 g/mol. The highest BCUT2D eigenvalue weighted by Gasteiger charge is 2.63. The van der Waals surface area contributed by atoms with E-state index in [1.165, 1.54) is 0 Å². The van der Waals surface area contributed by atoms with Crippen LogP contribution in [0, 0.1) is 35.5 Å². The zero-order valence-corrected chi connectivity index (χ0v) is 17.4. The molecule has 152 valence electrons. The van der Waals surface area contributed by atoms with Gasteiger partial charge in [-0.05, 0) is 113 Å². The molecule has 0 radical (unpaired) electrons. The molecule has 8 bridgehead atoms. The van der Waals surface area contributed by atoms with Crippen molar-refractivity contribution in [1.29, 1.82) is 0 Å². The second-order valence-corrected chi connectivity index (χ2v) is 15.3. The van der Waals surface area contributed by atoms with Crippen molar-refractivity contribution in [2.24, 2.45) is 35.5 Å². The van der Waals surface area contributed by atoms with Gasteiger partial charge in [-0.2, -0.15) is 16.8 Å². The Morgan fingerprint density at radius 2 is 0.704 bits per heavy atom. The molecule has 0 aromatic rings. The Morgan fingerprint density at radius 3 is 0.926 bits per heavy atom. The molecule has 0 unspecified atom stereocenters. The van der Waals surface area contributed by atoms with E-state index in [1.54, 1.807) is 0 Å². The van der Waals surface area contributed by atoms with Gasteiger partial charge in [0.2, 0.25) is 0 Å². The van der Waals surface area contributed by atoms with Crippen LogP contribution in [0.15, 0.2) is 0 Å². The van der Waals surface area contributed by atoms with Crippen LogP contribution >= 0.6 is 0 Å². The lowest BCUT2D eigenvalue weighted by molar-refractivity contribution is 0.0266. The van der Waals surface area contributed by atoms with E-state index >= 15 is 0 Å². The third kappa shape index (κ3) is 2.43. The molecule has 7 heteroatoms. The quantitative estimate of drug-likeness (QED) is 0.702. The monoisotopic (exact) mass is 414 g/mol. The zero-order valence-electron chi connectivity index (χ0n) is 15.8. The van der Waals surface area contributed by atoms with E-state index in [1.807, 2.05) is 0 Å². The molecule has 0 N–H and O–H groups in total. The molecule has 0 aliphatic heterocycles. The minimum atomic E-state index is -4.12. The first kappa shape index (κ1) is 17.7. The van der Waals surface area contributed by atoms with Gasteiger partial charge in [0.1, 0.15) is 0 Å². The highest BCUT2D eigenvalue weighted by Crippen LogP contribution is 2.61. The predicted octanol–water partition coefficient (Wildman–Crippen LogP) is 3.60. The Morgan fingerprint density at radius 1 is 0.481 bits per heavy atom. The third-order valence-corrected chi connectivity index (χ3v) is 13.8. The molecule has 0 aromatic carbocycles. The zero-order chi connectivity index (χ0) is 18.7. The third-order valence-electron chi connectivity index (χ3n) is 9.20. The summed E-state index contributed by atoms with van der Waals surface area (Å²) >= 11 is 0. The molecule has 8 aliphatic carbocycles. The standard InChI is InChI=1S/C20H30O5S2/c21-26(22,19-7-13-1-14(8-19)3-15(2-13)9-19)25-27(23,24)20-10-16-4-17(11-20)6-18(5-16)12-20/h13-18H,1-12H2. The molecule has 0 atom stereocenters. The summed E-state index contributed by atoms with van der Waals surface area (Å²) < 4.78 is 57.0. The number of hydrogen-bond acceptors (Lipinski definition) is 5. The second-order valence-electron chi connectivity index (χ2n) is 11.2. The summed E-state index contributed by atoms with van der Waals surface area (Å²) in [7, 11) is -8.24. The molecule has 0 spiro atoms. The molecule has 0 aromatic heterocycles. The molecule has 8 fully saturated rings. The van der Waals surface area contributed by atoms with Crippen molar-refractivity contribution in [3.05, 3.63) is 0 Å². The van der Waals surface area contributed by atoms with E-state index in [0.717, 1.165) is 38.5 Å². The minimum absolute atomic E-state index is 0.442. The molecule has 8 saturated carbocycles. The fraction of sp³-hybridized carbons (Fsp3) is 1.00. The first-order chi connectivity index (χ1) is 12.7. The summed E-state index contributed by atoms with van der Waals surface area (Å²) in [5.74, 6) is 2.65. The van der Waals surface area contributed by atoms with Gasteiger partial charge in [-0.25, -0.2) is 0 Å². The summed E-state index contributed by atoms with van der Waals surface area (Å²) in [5, 5.41) is 0. The van der Waals surface area contributed by atoms with Gasteiger partial charge in [0, 0.05) is 0 Å². The fourth-order valence-electron chi connectivity index (χ4n) is 8.94. The average molecular weight is 415 g/mol. The summed E-state index contributed by atoms with van der Waals surface area (Å²) in [5.41, 5.74) is 0. The molecule has 0 heterocycles. The lowest BCUT2D eigenvalue weighted by atomic mass is 9.56. The SMILES string of the molecule is O=S(=O)(OS(=O)(=O)C12CC3CC(CC(C3)C1)C2)C12CC3CC(CC(C3)C1)C2. The van der Waals surface area contributed by atoms with Gasteiger partial charge in [-0.15, -0.1) is 3.63 Å². The first-order valence-electron chi connectivity index (χ1n) is 10.9. The Hall–Kier alpha value is -0.140. The van der Waals surface area contributed by atoms with E-state index in [-0.39, 0.29) is 0 Å². The minimum Gasteiger partial charge on any atom is -0.198 e. The van der Waals surface area contributed by atoms with E-state index in [4.69, 9.17) is 3.63 Å². The summed E-state index contributed by atoms with van der Waals surface area (Å²) in [6.07, 6.45) is 10.4. The van der Waals surface area contributed by atoms with Crippen LogP contribution in [0.25, 0.3) is 0 Å². The van der Waals surface area contributed by atoms with Crippen LogP contribution in [0.2, 0.25) is 0 Å². The predicted molar refractivity (Wildman–Crippen MR) is 101 cm³/mol. The van der Waals surface area contributed by atoms with Crippen LogP contribution in [0.3, 0.4) is 0 Å². The van der Waals surface area contributed by atoms with Crippen LogP contribution < -0.4 is 0 Å². The average Bonchev–Trinajstić information content (AvgIpc) is 2.51. The maximum atomic E-state index is 13.4. The van der Waals surface area contributed by atoms with E-state index in [0.29, 0.717) is 74.0 Å². The fourth-order valence-corrected chi connectivity index (χ4v) is 13.7. The van der Waals surface area contributed by atoms with Gasteiger partial charge >= 0.3 is 0 Å². The normalized spacial score (nSPS) is 53.2. The van der Waals surface area contributed by atoms with Crippen molar-refractivity contribution in [2.75, 3.05) is 0 Å². The van der Waals surface area contributed by atoms with Crippen LogP contribution in [0.5, 0.6) is 0 Å². The largest absolute Gasteiger partial charge is 0.287 e. The van der Waals surface area contributed by atoms with Crippen molar-refractivity contribution >= 4 is 20.2 Å². The van der Waals surface area contributed by atoms with Crippen LogP contribution in [0.1, 0.15) is 77.0 Å². The lowest BCUT2D eigenvalue weighted by Crippen LogP contribution is -2.58. The summed E-state index contributed by atoms with van der Waals surface area (Å²) in [6, 6.07) is 0. The highest BCUT2D eigenvalue weighted by molar-refractivity contribution is 8.01. The van der Waals surface area contributed by atoms with Crippen molar-refractivity contribution < 1.29 is 20.5 Å². The van der Waals surface area contributed by atoms with Gasteiger partial charge < -0.3 is 0 Å². The van der Waals surface area contributed by atoms with Crippen molar-refractivity contribution in [1.82, 2.24) is 0 Å². The lowest BCUT2D eigenvalue weighted by Gasteiger charge is -2.56. The van der Waals surface area contributed by atoms with Crippen LogP contribution in [-0.4, -0.2) is 26.3 Å². The van der Waals surface area contributed by atoms with E-state index < -0.39 is 29.7 Å². The maximum absolute atomic E-state index is 13.4. The molecule has 5 nitrogen and oxygen atoms in total. The molecule has 0 saturated heterocycles. The van der Waals surface area contributed by atoms with Gasteiger partial charge in [-0.3, -0.25) is 0 Å². The first-order valence-corrected chi connectivity index (χ1v) is 13.7. The molecule has 27 heavy (non-hydrogen) atoms. The topological polar surface area (TPSA) is 77.5 Å². The van der Waals surface area contributed by atoms with Crippen molar-refractivity contribution in [2.45, 2.75) is 86.5 Å².